The van der Waals surface area contributed by atoms with Crippen LogP contribution in [0.5, 0.6) is 5.75 Å². The molecule has 0 saturated carbocycles. The van der Waals surface area contributed by atoms with Crippen molar-refractivity contribution in [1.82, 2.24) is 0 Å². The van der Waals surface area contributed by atoms with Crippen molar-refractivity contribution < 1.29 is 19.4 Å². The number of benzene rings is 1. The Morgan fingerprint density at radius 3 is 2.80 bits per heavy atom. The van der Waals surface area contributed by atoms with E-state index in [4.69, 9.17) is 14.6 Å². The molecule has 1 aromatic rings. The number of carboxylic acid groups (broad SMARTS) is 1. The summed E-state index contributed by atoms with van der Waals surface area (Å²) in [6, 6.07) is 6.38. The summed E-state index contributed by atoms with van der Waals surface area (Å²) in [6.45, 7) is 5.03. The summed E-state index contributed by atoms with van der Waals surface area (Å²) in [5, 5.41) is 8.87. The highest BCUT2D eigenvalue weighted by Crippen LogP contribution is 2.19. The molecule has 0 aliphatic rings. The van der Waals surface area contributed by atoms with Crippen molar-refractivity contribution in [2.75, 3.05) is 0 Å². The van der Waals surface area contributed by atoms with Gasteiger partial charge in [-0.15, -0.1) is 0 Å². The molecule has 0 fully saturated rings. The minimum Gasteiger partial charge on any atom is -0.478 e. The molecule has 1 unspecified atom stereocenters. The van der Waals surface area contributed by atoms with Crippen molar-refractivity contribution >= 4 is 5.97 Å². The molecule has 0 spiro atoms. The maximum Gasteiger partial charge on any atom is 0.339 e. The molecule has 0 aromatic heterocycles. The molecule has 0 aliphatic carbocycles. The van der Waals surface area contributed by atoms with Gasteiger partial charge in [0.15, 0.2) is 0 Å². The van der Waals surface area contributed by atoms with Crippen LogP contribution in [0.1, 0.15) is 17.3 Å². The molecule has 0 radical (unpaired) electrons. The normalized spacial score (nSPS) is 11.5. The van der Waals surface area contributed by atoms with E-state index in [1.165, 1.54) is 12.3 Å². The highest BCUT2D eigenvalue weighted by molar-refractivity contribution is 5.90. The second-order valence-electron chi connectivity index (χ2n) is 2.79. The highest BCUT2D eigenvalue weighted by atomic mass is 16.7. The average molecular weight is 208 g/mol. The molecular weight excluding hydrogens is 196 g/mol. The Balaban J connectivity index is 2.84. The lowest BCUT2D eigenvalue weighted by atomic mass is 10.2. The van der Waals surface area contributed by atoms with Gasteiger partial charge in [-0.2, -0.15) is 0 Å². The summed E-state index contributed by atoms with van der Waals surface area (Å²) in [6.07, 6.45) is 0.677. The number of hydrogen-bond donors (Lipinski definition) is 1. The molecule has 1 atom stereocenters. The van der Waals surface area contributed by atoms with Gasteiger partial charge < -0.3 is 14.6 Å². The number of para-hydroxylation sites is 1. The monoisotopic (exact) mass is 208 g/mol. The standard InChI is InChI=1S/C11H12O4/c1-3-14-8(2)15-10-7-5-4-6-9(10)11(12)13/h3-8H,1H2,2H3,(H,12,13). The van der Waals surface area contributed by atoms with Crippen LogP contribution in [0.15, 0.2) is 37.1 Å². The fourth-order valence-corrected chi connectivity index (χ4v) is 1.09. The molecule has 0 saturated heterocycles. The van der Waals surface area contributed by atoms with Crippen LogP contribution in [0, 0.1) is 0 Å². The number of aromatic carboxylic acids is 1. The van der Waals surface area contributed by atoms with Gasteiger partial charge in [-0.1, -0.05) is 18.7 Å². The number of ether oxygens (including phenoxy) is 2. The fraction of sp³-hybridized carbons (Fsp3) is 0.182. The van der Waals surface area contributed by atoms with E-state index in [0.29, 0.717) is 0 Å². The van der Waals surface area contributed by atoms with Crippen LogP contribution in [-0.2, 0) is 4.74 Å². The van der Waals surface area contributed by atoms with Gasteiger partial charge in [-0.3, -0.25) is 0 Å². The van der Waals surface area contributed by atoms with Gasteiger partial charge >= 0.3 is 5.97 Å². The van der Waals surface area contributed by atoms with Crippen molar-refractivity contribution in [1.29, 1.82) is 0 Å². The molecular formula is C11H12O4. The van der Waals surface area contributed by atoms with Crippen molar-refractivity contribution in [3.05, 3.63) is 42.7 Å². The molecule has 80 valence electrons. The van der Waals surface area contributed by atoms with Gasteiger partial charge in [0.2, 0.25) is 6.29 Å². The lowest BCUT2D eigenvalue weighted by Gasteiger charge is -2.14. The van der Waals surface area contributed by atoms with Crippen LogP contribution in [0.2, 0.25) is 0 Å². The smallest absolute Gasteiger partial charge is 0.339 e. The summed E-state index contributed by atoms with van der Waals surface area (Å²) in [7, 11) is 0. The van der Waals surface area contributed by atoms with Gasteiger partial charge in [0.25, 0.3) is 0 Å². The Morgan fingerprint density at radius 2 is 2.20 bits per heavy atom. The number of carbonyl (C=O) groups is 1. The van der Waals surface area contributed by atoms with Crippen molar-refractivity contribution in [3.63, 3.8) is 0 Å². The van der Waals surface area contributed by atoms with Crippen LogP contribution in [0.3, 0.4) is 0 Å². The first-order chi connectivity index (χ1) is 7.15. The summed E-state index contributed by atoms with van der Waals surface area (Å²) >= 11 is 0. The topological polar surface area (TPSA) is 55.8 Å². The van der Waals surface area contributed by atoms with Crippen LogP contribution in [0.4, 0.5) is 0 Å². The highest BCUT2D eigenvalue weighted by Gasteiger charge is 2.12. The molecule has 0 aliphatic heterocycles. The van der Waals surface area contributed by atoms with E-state index in [-0.39, 0.29) is 11.3 Å². The lowest BCUT2D eigenvalue weighted by molar-refractivity contribution is -0.0138. The molecule has 4 nitrogen and oxygen atoms in total. The Morgan fingerprint density at radius 1 is 1.53 bits per heavy atom. The van der Waals surface area contributed by atoms with Gasteiger partial charge in [0.05, 0.1) is 6.26 Å². The first-order valence-corrected chi connectivity index (χ1v) is 4.40. The minimum atomic E-state index is -1.03. The van der Waals surface area contributed by atoms with E-state index in [1.807, 2.05) is 0 Å². The first kappa shape index (κ1) is 11.1. The van der Waals surface area contributed by atoms with Crippen molar-refractivity contribution in [3.8, 4) is 5.75 Å². The SMILES string of the molecule is C=COC(C)Oc1ccccc1C(=O)O. The Kier molecular flexibility index (Phi) is 3.74. The summed E-state index contributed by atoms with van der Waals surface area (Å²) in [5.41, 5.74) is 0.108. The van der Waals surface area contributed by atoms with Crippen LogP contribution in [-0.4, -0.2) is 17.4 Å². The van der Waals surface area contributed by atoms with Gasteiger partial charge in [-0.05, 0) is 12.1 Å². The summed E-state index contributed by atoms with van der Waals surface area (Å²) in [4.78, 5) is 10.8. The zero-order valence-corrected chi connectivity index (χ0v) is 8.34. The summed E-state index contributed by atoms with van der Waals surface area (Å²) < 4.78 is 10.2. The molecule has 0 bridgehead atoms. The Labute approximate surface area is 87.7 Å². The Bertz CT molecular complexity index is 359. The van der Waals surface area contributed by atoms with E-state index in [1.54, 1.807) is 25.1 Å². The third kappa shape index (κ3) is 3.02. The van der Waals surface area contributed by atoms with Crippen molar-refractivity contribution in [2.45, 2.75) is 13.2 Å². The van der Waals surface area contributed by atoms with Gasteiger partial charge in [-0.25, -0.2) is 4.79 Å². The zero-order chi connectivity index (χ0) is 11.3. The van der Waals surface area contributed by atoms with Crippen LogP contribution >= 0.6 is 0 Å². The van der Waals surface area contributed by atoms with Gasteiger partial charge in [0, 0.05) is 6.92 Å². The maximum absolute atomic E-state index is 10.8. The lowest BCUT2D eigenvalue weighted by Crippen LogP contribution is -2.15. The van der Waals surface area contributed by atoms with E-state index >= 15 is 0 Å². The minimum absolute atomic E-state index is 0.108. The van der Waals surface area contributed by atoms with E-state index in [0.717, 1.165) is 0 Å². The molecule has 4 heteroatoms. The molecule has 0 amide bonds. The largest absolute Gasteiger partial charge is 0.478 e. The number of hydrogen-bond acceptors (Lipinski definition) is 3. The molecule has 0 heterocycles. The maximum atomic E-state index is 10.8. The van der Waals surface area contributed by atoms with Crippen LogP contribution < -0.4 is 4.74 Å². The predicted octanol–water partition coefficient (Wildman–Crippen LogP) is 2.27. The number of carboxylic acids is 1. The first-order valence-electron chi connectivity index (χ1n) is 4.40. The molecule has 1 aromatic carbocycles. The molecule has 1 N–H and O–H groups in total. The third-order valence-electron chi connectivity index (χ3n) is 1.70. The van der Waals surface area contributed by atoms with E-state index < -0.39 is 12.3 Å². The second kappa shape index (κ2) is 5.05. The quantitative estimate of drug-likeness (QED) is 0.595. The predicted molar refractivity (Wildman–Crippen MR) is 54.8 cm³/mol. The average Bonchev–Trinajstić information content (AvgIpc) is 2.18. The van der Waals surface area contributed by atoms with Gasteiger partial charge in [0.1, 0.15) is 11.3 Å². The summed E-state index contributed by atoms with van der Waals surface area (Å²) in [5.74, 6) is -0.754. The van der Waals surface area contributed by atoms with E-state index in [9.17, 15) is 4.79 Å². The third-order valence-corrected chi connectivity index (χ3v) is 1.70. The van der Waals surface area contributed by atoms with Crippen LogP contribution in [0.25, 0.3) is 0 Å². The Hall–Kier alpha value is -1.97. The van der Waals surface area contributed by atoms with Crippen molar-refractivity contribution in [2.24, 2.45) is 0 Å². The number of rotatable bonds is 5. The molecule has 15 heavy (non-hydrogen) atoms. The second-order valence-corrected chi connectivity index (χ2v) is 2.79. The van der Waals surface area contributed by atoms with E-state index in [2.05, 4.69) is 6.58 Å². The zero-order valence-electron chi connectivity index (χ0n) is 8.34. The molecule has 1 rings (SSSR count). The fourth-order valence-electron chi connectivity index (χ4n) is 1.09.